The number of benzene rings is 1. The molecule has 28 heavy (non-hydrogen) atoms. The van der Waals surface area contributed by atoms with E-state index >= 15 is 0 Å². The van der Waals surface area contributed by atoms with Gasteiger partial charge in [0.25, 0.3) is 5.56 Å². The fraction of sp³-hybridized carbons (Fsp3) is 0.500. The van der Waals surface area contributed by atoms with Gasteiger partial charge >= 0.3 is 5.97 Å². The van der Waals surface area contributed by atoms with E-state index in [1.54, 1.807) is 19.1 Å². The molecule has 150 valence electrons. The van der Waals surface area contributed by atoms with E-state index in [2.05, 4.69) is 5.10 Å². The Labute approximate surface area is 162 Å². The molecule has 1 amide bonds. The number of fused-ring (bicyclic) bond motifs is 1. The van der Waals surface area contributed by atoms with Crippen LogP contribution in [0.25, 0.3) is 10.8 Å². The normalized spacial score (nSPS) is 22.4. The summed E-state index contributed by atoms with van der Waals surface area (Å²) in [7, 11) is 0. The van der Waals surface area contributed by atoms with Gasteiger partial charge in [-0.3, -0.25) is 14.4 Å². The zero-order chi connectivity index (χ0) is 20.5. The van der Waals surface area contributed by atoms with E-state index in [1.807, 2.05) is 19.1 Å². The molecule has 0 saturated carbocycles. The molecule has 8 nitrogen and oxygen atoms in total. The van der Waals surface area contributed by atoms with Crippen molar-refractivity contribution in [3.05, 3.63) is 40.3 Å². The maximum Gasteiger partial charge on any atom is 0.314 e. The van der Waals surface area contributed by atoms with Crippen LogP contribution in [0.1, 0.15) is 31.9 Å². The Bertz CT molecular complexity index is 970. The van der Waals surface area contributed by atoms with Gasteiger partial charge in [0.15, 0.2) is 0 Å². The number of carboxylic acid groups (broad SMARTS) is 1. The Kier molecular flexibility index (Phi) is 5.51. The van der Waals surface area contributed by atoms with E-state index in [0.717, 1.165) is 10.1 Å². The quantitative estimate of drug-likeness (QED) is 0.796. The van der Waals surface area contributed by atoms with Crippen molar-refractivity contribution in [2.45, 2.75) is 45.8 Å². The minimum atomic E-state index is -1.37. The predicted molar refractivity (Wildman–Crippen MR) is 103 cm³/mol. The molecule has 2 atom stereocenters. The van der Waals surface area contributed by atoms with E-state index in [4.69, 9.17) is 0 Å². The highest BCUT2D eigenvalue weighted by Crippen LogP contribution is 2.35. The average molecular weight is 387 g/mol. The van der Waals surface area contributed by atoms with Crippen molar-refractivity contribution in [3.63, 3.8) is 0 Å². The first kappa shape index (κ1) is 20.0. The molecule has 2 heterocycles. The summed E-state index contributed by atoms with van der Waals surface area (Å²) in [6.07, 6.45) is 0.0475. The SMILES string of the molecule is CCC[C@@]1(C(=O)O)CN(C(=O)Cn2nc(C)c3ccccc3c2=O)CC[C@H]1O. The number of carboxylic acids is 1. The maximum atomic E-state index is 12.8. The maximum absolute atomic E-state index is 12.8. The van der Waals surface area contributed by atoms with E-state index in [9.17, 15) is 24.6 Å². The van der Waals surface area contributed by atoms with Crippen LogP contribution in [0.4, 0.5) is 0 Å². The second-order valence-electron chi connectivity index (χ2n) is 7.42. The highest BCUT2D eigenvalue weighted by molar-refractivity contribution is 5.84. The molecular weight excluding hydrogens is 362 g/mol. The highest BCUT2D eigenvalue weighted by atomic mass is 16.4. The molecule has 8 heteroatoms. The summed E-state index contributed by atoms with van der Waals surface area (Å²) in [5.74, 6) is -1.48. The number of aromatic nitrogens is 2. The van der Waals surface area contributed by atoms with Gasteiger partial charge in [-0.05, 0) is 25.8 Å². The number of carbonyl (C=O) groups excluding carboxylic acids is 1. The van der Waals surface area contributed by atoms with Gasteiger partial charge in [0, 0.05) is 18.5 Å². The number of aliphatic hydroxyl groups is 1. The van der Waals surface area contributed by atoms with Crippen LogP contribution in [0.15, 0.2) is 29.1 Å². The molecule has 1 aromatic carbocycles. The summed E-state index contributed by atoms with van der Waals surface area (Å²) < 4.78 is 1.13. The van der Waals surface area contributed by atoms with E-state index in [-0.39, 0.29) is 43.9 Å². The molecule has 0 unspecified atom stereocenters. The smallest absolute Gasteiger partial charge is 0.314 e. The van der Waals surface area contributed by atoms with Gasteiger partial charge in [-0.15, -0.1) is 0 Å². The van der Waals surface area contributed by atoms with Gasteiger partial charge < -0.3 is 15.1 Å². The number of carbonyl (C=O) groups is 2. The summed E-state index contributed by atoms with van der Waals surface area (Å²) in [5.41, 5.74) is -1.09. The summed E-state index contributed by atoms with van der Waals surface area (Å²) in [6, 6.07) is 7.09. The summed E-state index contributed by atoms with van der Waals surface area (Å²) in [4.78, 5) is 38.8. The zero-order valence-corrected chi connectivity index (χ0v) is 16.1. The third-order valence-electron chi connectivity index (χ3n) is 5.60. The summed E-state index contributed by atoms with van der Waals surface area (Å²) in [5, 5.41) is 25.5. The van der Waals surface area contributed by atoms with Gasteiger partial charge in [-0.1, -0.05) is 31.5 Å². The van der Waals surface area contributed by atoms with Crippen molar-refractivity contribution < 1.29 is 19.8 Å². The molecule has 1 aliphatic heterocycles. The summed E-state index contributed by atoms with van der Waals surface area (Å²) >= 11 is 0. The van der Waals surface area contributed by atoms with Crippen molar-refractivity contribution in [1.82, 2.24) is 14.7 Å². The first-order valence-corrected chi connectivity index (χ1v) is 9.46. The second-order valence-corrected chi connectivity index (χ2v) is 7.42. The standard InChI is InChI=1S/C20H25N3O5/c1-3-9-20(19(27)28)12-22(10-8-16(20)24)17(25)11-23-18(26)15-7-5-4-6-14(15)13(2)21-23/h4-7,16,24H,3,8-12H2,1-2H3,(H,27,28)/t16-,20-/m1/s1. The topological polar surface area (TPSA) is 113 Å². The number of aliphatic hydroxyl groups excluding tert-OH is 1. The van der Waals surface area contributed by atoms with Crippen LogP contribution < -0.4 is 5.56 Å². The van der Waals surface area contributed by atoms with Crippen LogP contribution in [-0.2, 0) is 16.1 Å². The monoisotopic (exact) mass is 387 g/mol. The van der Waals surface area contributed by atoms with Gasteiger partial charge in [-0.25, -0.2) is 4.68 Å². The van der Waals surface area contributed by atoms with Crippen molar-refractivity contribution in [1.29, 1.82) is 0 Å². The minimum Gasteiger partial charge on any atom is -0.481 e. The van der Waals surface area contributed by atoms with Gasteiger partial charge in [-0.2, -0.15) is 5.10 Å². The van der Waals surface area contributed by atoms with Crippen molar-refractivity contribution in [3.8, 4) is 0 Å². The van der Waals surface area contributed by atoms with Crippen molar-refractivity contribution in [2.24, 2.45) is 5.41 Å². The number of hydrogen-bond acceptors (Lipinski definition) is 5. The predicted octanol–water partition coefficient (Wildman–Crippen LogP) is 1.17. The molecule has 0 bridgehead atoms. The zero-order valence-electron chi connectivity index (χ0n) is 16.1. The fourth-order valence-corrected chi connectivity index (χ4v) is 4.04. The number of likely N-dealkylation sites (tertiary alicyclic amines) is 1. The lowest BCUT2D eigenvalue weighted by molar-refractivity contribution is -0.167. The Balaban J connectivity index is 1.87. The average Bonchev–Trinajstić information content (AvgIpc) is 2.67. The first-order valence-electron chi connectivity index (χ1n) is 9.46. The lowest BCUT2D eigenvalue weighted by atomic mass is 9.74. The number of nitrogens with zero attached hydrogens (tertiary/aromatic N) is 3. The number of amides is 1. The number of piperidine rings is 1. The molecule has 3 rings (SSSR count). The molecule has 1 saturated heterocycles. The third-order valence-corrected chi connectivity index (χ3v) is 5.60. The van der Waals surface area contributed by atoms with Gasteiger partial charge in [0.2, 0.25) is 5.91 Å². The highest BCUT2D eigenvalue weighted by Gasteiger charge is 2.49. The van der Waals surface area contributed by atoms with Crippen LogP contribution in [-0.4, -0.2) is 56.0 Å². The Morgan fingerprint density at radius 1 is 1.29 bits per heavy atom. The largest absolute Gasteiger partial charge is 0.481 e. The van der Waals surface area contributed by atoms with E-state index in [1.165, 1.54) is 4.90 Å². The molecule has 0 radical (unpaired) electrons. The number of rotatable bonds is 5. The van der Waals surface area contributed by atoms with Crippen LogP contribution >= 0.6 is 0 Å². The van der Waals surface area contributed by atoms with Crippen molar-refractivity contribution >= 4 is 22.6 Å². The second kappa shape index (κ2) is 7.71. The Morgan fingerprint density at radius 2 is 1.96 bits per heavy atom. The molecule has 2 aromatic rings. The molecule has 1 aromatic heterocycles. The first-order chi connectivity index (χ1) is 13.3. The third kappa shape index (κ3) is 3.40. The van der Waals surface area contributed by atoms with Crippen molar-refractivity contribution in [2.75, 3.05) is 13.1 Å². The van der Waals surface area contributed by atoms with Gasteiger partial charge in [0.1, 0.15) is 12.0 Å². The molecule has 1 aliphatic rings. The van der Waals surface area contributed by atoms with E-state index in [0.29, 0.717) is 17.5 Å². The Morgan fingerprint density at radius 3 is 2.61 bits per heavy atom. The Hall–Kier alpha value is -2.74. The lowest BCUT2D eigenvalue weighted by Gasteiger charge is -2.43. The van der Waals surface area contributed by atoms with Gasteiger partial charge in [0.05, 0.1) is 17.2 Å². The molecule has 0 spiro atoms. The lowest BCUT2D eigenvalue weighted by Crippen LogP contribution is -2.57. The number of hydrogen-bond donors (Lipinski definition) is 2. The fourth-order valence-electron chi connectivity index (χ4n) is 4.04. The molecule has 2 N–H and O–H groups in total. The van der Waals surface area contributed by atoms with E-state index < -0.39 is 17.5 Å². The number of aliphatic carboxylic acids is 1. The van der Waals surface area contributed by atoms with Crippen LogP contribution in [0.5, 0.6) is 0 Å². The summed E-state index contributed by atoms with van der Waals surface area (Å²) in [6.45, 7) is 3.54. The molecular formula is C20H25N3O5. The number of aryl methyl sites for hydroxylation is 1. The van der Waals surface area contributed by atoms with Crippen LogP contribution in [0.2, 0.25) is 0 Å². The van der Waals surface area contributed by atoms with Crippen LogP contribution in [0, 0.1) is 12.3 Å². The molecule has 0 aliphatic carbocycles. The van der Waals surface area contributed by atoms with Crippen LogP contribution in [0.3, 0.4) is 0 Å². The minimum absolute atomic E-state index is 0.0719. The molecule has 1 fully saturated rings.